The highest BCUT2D eigenvalue weighted by Gasteiger charge is 3.17. The summed E-state index contributed by atoms with van der Waals surface area (Å²) in [5, 5.41) is 0. The Kier molecular flexibility index (Phi) is 0.830. The molecule has 0 saturated heterocycles. The zero-order valence-electron chi connectivity index (χ0n) is 13.2. The van der Waals surface area contributed by atoms with Crippen LogP contribution in [-0.2, 0) is 0 Å². The molecule has 0 heteroatoms. The van der Waals surface area contributed by atoms with E-state index in [0.29, 0.717) is 0 Å². The van der Waals surface area contributed by atoms with E-state index in [-0.39, 0.29) is 0 Å². The molecule has 0 nitrogen and oxygen atoms in total. The molecule has 0 heterocycles. The van der Waals surface area contributed by atoms with E-state index in [4.69, 9.17) is 0 Å². The maximum Gasteiger partial charge on any atom is -0.00997 e. The van der Waals surface area contributed by atoms with Gasteiger partial charge < -0.3 is 0 Å². The highest BCUT2D eigenvalue weighted by atomic mass is 15.2. The zero-order chi connectivity index (χ0) is 13.2. The molecule has 16 saturated carbocycles. The molecule has 112 valence electrons. The maximum atomic E-state index is 1.78. The van der Waals surface area contributed by atoms with Gasteiger partial charge in [-0.05, 0) is 131 Å². The number of rotatable bonds is 0. The summed E-state index contributed by atoms with van der Waals surface area (Å²) in [6.45, 7) is 0. The molecule has 0 aromatic heterocycles. The highest BCUT2D eigenvalue weighted by molar-refractivity contribution is 5.63. The molecule has 16 aliphatic rings. The van der Waals surface area contributed by atoms with Crippen molar-refractivity contribution < 1.29 is 0 Å². The van der Waals surface area contributed by atoms with Crippen LogP contribution in [0.2, 0.25) is 0 Å². The normalized spacial score (nSPS) is 100. The minimum absolute atomic E-state index is 1.02. The first kappa shape index (κ1) is 9.47. The molecule has 16 rings (SSSR count). The summed E-state index contributed by atoms with van der Waals surface area (Å²) < 4.78 is 0. The van der Waals surface area contributed by atoms with E-state index < -0.39 is 0 Å². The Morgan fingerprint density at radius 3 is 0.955 bits per heavy atom. The van der Waals surface area contributed by atoms with Crippen molar-refractivity contribution in [1.82, 2.24) is 0 Å². The molecule has 16 bridgehead atoms. The smallest absolute Gasteiger partial charge is 0.00997 e. The van der Waals surface area contributed by atoms with Gasteiger partial charge in [0.25, 0.3) is 0 Å². The average Bonchev–Trinajstić information content (AvgIpc) is 3.26. The molecule has 0 aliphatic heterocycles. The Balaban J connectivity index is 1.52. The molecule has 16 aliphatic carbocycles. The number of fused-ring (bicyclic) bond motifs is 2. The Morgan fingerprint density at radius 1 is 0.364 bits per heavy atom. The lowest BCUT2D eigenvalue weighted by Crippen LogP contribution is -2.79. The molecule has 8 unspecified atom stereocenters. The van der Waals surface area contributed by atoms with Crippen molar-refractivity contribution in [3.8, 4) is 0 Å². The molecule has 0 N–H and O–H groups in total. The Labute approximate surface area is 131 Å². The summed E-state index contributed by atoms with van der Waals surface area (Å²) in [6, 6.07) is 0. The topological polar surface area (TPSA) is 0 Å². The van der Waals surface area contributed by atoms with E-state index in [2.05, 4.69) is 0 Å². The van der Waals surface area contributed by atoms with Gasteiger partial charge in [0.1, 0.15) is 0 Å². The fourth-order valence-electron chi connectivity index (χ4n) is 17.3. The van der Waals surface area contributed by atoms with Crippen molar-refractivity contribution in [2.24, 2.45) is 92.7 Å². The largest absolute Gasteiger partial charge is 0.0493 e. The molecule has 0 aromatic rings. The van der Waals surface area contributed by atoms with E-state index in [1.54, 1.807) is 38.5 Å². The van der Waals surface area contributed by atoms with Gasteiger partial charge in [-0.3, -0.25) is 0 Å². The molecule has 0 aromatic carbocycles. The van der Waals surface area contributed by atoms with Crippen LogP contribution in [0.3, 0.4) is 0 Å². The second-order valence-electron chi connectivity index (χ2n) is 12.3. The summed E-state index contributed by atoms with van der Waals surface area (Å²) in [4.78, 5) is 0. The maximum absolute atomic E-state index is 1.78. The van der Waals surface area contributed by atoms with Crippen molar-refractivity contribution in [3.63, 3.8) is 0 Å². The van der Waals surface area contributed by atoms with Gasteiger partial charge in [0.05, 0.1) is 0 Å². The molecular formula is C22H24. The molecule has 22 heavy (non-hydrogen) atoms. The van der Waals surface area contributed by atoms with Crippen molar-refractivity contribution in [2.45, 2.75) is 38.5 Å². The fourth-order valence-corrected chi connectivity index (χ4v) is 17.3. The van der Waals surface area contributed by atoms with Gasteiger partial charge in [-0.1, -0.05) is 0 Å². The first-order valence-corrected chi connectivity index (χ1v) is 10.9. The summed E-state index contributed by atoms with van der Waals surface area (Å²) >= 11 is 0. The van der Waals surface area contributed by atoms with Crippen molar-refractivity contribution in [3.05, 3.63) is 0 Å². The summed E-state index contributed by atoms with van der Waals surface area (Å²) in [5.41, 5.74) is 4.08. The number of hydrogen-bond donors (Lipinski definition) is 0. The van der Waals surface area contributed by atoms with Crippen LogP contribution in [0, 0.1) is 92.7 Å². The predicted octanol–water partition coefficient (Wildman–Crippen LogP) is 3.82. The minimum atomic E-state index is 1.02. The van der Waals surface area contributed by atoms with Crippen LogP contribution in [-0.4, -0.2) is 0 Å². The van der Waals surface area contributed by atoms with Crippen LogP contribution in [0.1, 0.15) is 38.5 Å². The van der Waals surface area contributed by atoms with Gasteiger partial charge >= 0.3 is 0 Å². The third-order valence-corrected chi connectivity index (χ3v) is 14.6. The Morgan fingerprint density at radius 2 is 0.636 bits per heavy atom. The quantitative estimate of drug-likeness (QED) is 0.636. The zero-order valence-corrected chi connectivity index (χ0v) is 13.2. The second kappa shape index (κ2) is 1.93. The van der Waals surface area contributed by atoms with E-state index >= 15 is 0 Å². The van der Waals surface area contributed by atoms with Crippen LogP contribution in [0.4, 0.5) is 0 Å². The van der Waals surface area contributed by atoms with Crippen molar-refractivity contribution in [1.29, 1.82) is 0 Å². The third-order valence-electron chi connectivity index (χ3n) is 14.6. The van der Waals surface area contributed by atoms with Crippen LogP contribution < -0.4 is 0 Å². The Hall–Kier alpha value is 0. The molecule has 0 amide bonds. The molecular weight excluding hydrogens is 264 g/mol. The van der Waals surface area contributed by atoms with E-state index in [1.165, 1.54) is 71.0 Å². The summed E-state index contributed by atoms with van der Waals surface area (Å²) in [5.74, 6) is 15.5. The monoisotopic (exact) mass is 288 g/mol. The Bertz CT molecular complexity index is 656. The van der Waals surface area contributed by atoms with Gasteiger partial charge in [-0.2, -0.15) is 0 Å². The van der Waals surface area contributed by atoms with Crippen molar-refractivity contribution >= 4 is 0 Å². The summed E-state index contributed by atoms with van der Waals surface area (Å²) in [7, 11) is 0. The van der Waals surface area contributed by atoms with Gasteiger partial charge in [-0.15, -0.1) is 0 Å². The third kappa shape index (κ3) is 0.358. The van der Waals surface area contributed by atoms with E-state index in [1.807, 2.05) is 0 Å². The molecule has 8 atom stereocenters. The minimum Gasteiger partial charge on any atom is -0.0493 e. The molecule has 0 radical (unpaired) electrons. The van der Waals surface area contributed by atoms with E-state index in [9.17, 15) is 0 Å². The molecule has 4 spiro atoms. The SMILES string of the molecule is C1CC2C3C4C1C15C6CC7C8C6C6CC8C8(C3CCC4C618)C275. The lowest BCUT2D eigenvalue weighted by Gasteiger charge is -2.82. The van der Waals surface area contributed by atoms with Crippen molar-refractivity contribution in [2.75, 3.05) is 0 Å². The second-order valence-corrected chi connectivity index (χ2v) is 12.3. The molecule has 16 fully saturated rings. The standard InChI is InChI=1S/C22H24/c1-2-8-16-10-4-3-9-15(16)7(1)19-11-5-12-18-14-6-13(17(11)18)21(9,19)22(10,14)20(8,12)19/h7-18H,1-6H2. The van der Waals surface area contributed by atoms with Crippen LogP contribution in [0.5, 0.6) is 0 Å². The van der Waals surface area contributed by atoms with Gasteiger partial charge in [0.15, 0.2) is 0 Å². The first-order chi connectivity index (χ1) is 10.9. The average molecular weight is 288 g/mol. The van der Waals surface area contributed by atoms with Gasteiger partial charge in [-0.25, -0.2) is 0 Å². The van der Waals surface area contributed by atoms with Crippen LogP contribution >= 0.6 is 0 Å². The predicted molar refractivity (Wildman–Crippen MR) is 79.3 cm³/mol. The van der Waals surface area contributed by atoms with Gasteiger partial charge in [0, 0.05) is 0 Å². The lowest BCUT2D eigenvalue weighted by molar-refractivity contribution is -0.364. The first-order valence-electron chi connectivity index (χ1n) is 10.9. The lowest BCUT2D eigenvalue weighted by atomic mass is 9.21. The van der Waals surface area contributed by atoms with Crippen LogP contribution in [0.25, 0.3) is 0 Å². The summed E-state index contributed by atoms with van der Waals surface area (Å²) in [6.07, 6.45) is 10.4. The fraction of sp³-hybridized carbons (Fsp3) is 1.00. The number of hydrogen-bond acceptors (Lipinski definition) is 0. The highest BCUT2D eigenvalue weighted by Crippen LogP contribution is 3.20. The van der Waals surface area contributed by atoms with E-state index in [0.717, 1.165) is 21.7 Å². The van der Waals surface area contributed by atoms with Crippen LogP contribution in [0.15, 0.2) is 0 Å². The van der Waals surface area contributed by atoms with Gasteiger partial charge in [0.2, 0.25) is 0 Å².